The Morgan fingerprint density at radius 3 is 2.43 bits per heavy atom. The van der Waals surface area contributed by atoms with E-state index in [1.54, 1.807) is 39.2 Å². The molecule has 5 atom stereocenters. The molecule has 0 spiro atoms. The molecule has 1 aromatic rings. The Balaban J connectivity index is 1.63. The third kappa shape index (κ3) is 4.26. The molecule has 0 bridgehead atoms. The van der Waals surface area contributed by atoms with E-state index in [9.17, 15) is 39.6 Å². The number of carbonyl (C=O) groups excluding carboxylic acids is 4. The number of fused-ring (bicyclic) bond motifs is 3. The fraction of sp³-hybridized carbons (Fsp3) is 0.517. The number of ketones is 2. The molecule has 0 radical (unpaired) electrons. The zero-order valence-electron chi connectivity index (χ0n) is 24.0. The van der Waals surface area contributed by atoms with Gasteiger partial charge in [-0.2, -0.15) is 0 Å². The van der Waals surface area contributed by atoms with Gasteiger partial charge in [0, 0.05) is 43.4 Å². The van der Waals surface area contributed by atoms with Gasteiger partial charge in [-0.3, -0.25) is 24.1 Å². The summed E-state index contributed by atoms with van der Waals surface area (Å²) in [5, 5.41) is 51.7. The molecule has 2 fully saturated rings. The van der Waals surface area contributed by atoms with Crippen molar-refractivity contribution in [2.75, 3.05) is 39.6 Å². The average Bonchev–Trinajstić information content (AvgIpc) is 3.45. The van der Waals surface area contributed by atoms with Gasteiger partial charge in [0.05, 0.1) is 17.6 Å². The van der Waals surface area contributed by atoms with Crippen molar-refractivity contribution >= 4 is 34.8 Å². The normalized spacial score (nSPS) is 28.9. The number of primary amides is 1. The first kappa shape index (κ1) is 29.5. The quantitative estimate of drug-likeness (QED) is 0.211. The second-order valence-corrected chi connectivity index (χ2v) is 12.0. The number of hydrogen-bond donors (Lipinski definition) is 7. The number of benzene rings is 1. The second kappa shape index (κ2) is 10.4. The molecule has 1 saturated carbocycles. The molecule has 1 aromatic carbocycles. The Morgan fingerprint density at radius 1 is 1.17 bits per heavy atom. The summed E-state index contributed by atoms with van der Waals surface area (Å²) < 4.78 is 0. The van der Waals surface area contributed by atoms with E-state index in [0.29, 0.717) is 23.2 Å². The van der Waals surface area contributed by atoms with Gasteiger partial charge >= 0.3 is 0 Å². The molecule has 0 aromatic heterocycles. The van der Waals surface area contributed by atoms with Crippen LogP contribution >= 0.6 is 0 Å². The zero-order valence-corrected chi connectivity index (χ0v) is 24.0. The molecule has 42 heavy (non-hydrogen) atoms. The number of hydrogen-bond acceptors (Lipinski definition) is 11. The number of phenols is 1. The number of aliphatic hydroxyl groups excluding tert-OH is 2. The summed E-state index contributed by atoms with van der Waals surface area (Å²) in [5.41, 5.74) is 3.09. The van der Waals surface area contributed by atoms with Crippen LogP contribution in [0.15, 0.2) is 23.0 Å². The van der Waals surface area contributed by atoms with Crippen molar-refractivity contribution in [1.82, 2.24) is 15.5 Å². The van der Waals surface area contributed by atoms with Crippen molar-refractivity contribution < 1.29 is 39.6 Å². The van der Waals surface area contributed by atoms with E-state index in [0.717, 1.165) is 13.0 Å². The number of aromatic hydroxyl groups is 1. The van der Waals surface area contributed by atoms with Crippen LogP contribution in [0.2, 0.25) is 0 Å². The predicted molar refractivity (Wildman–Crippen MR) is 151 cm³/mol. The van der Waals surface area contributed by atoms with E-state index in [2.05, 4.69) is 10.6 Å². The van der Waals surface area contributed by atoms with Crippen LogP contribution in [0.4, 0.5) is 5.69 Å². The van der Waals surface area contributed by atoms with Crippen molar-refractivity contribution in [1.29, 1.82) is 0 Å². The number of nitrogens with one attached hydrogen (secondary N) is 2. The molecule has 1 aliphatic heterocycles. The first-order valence-corrected chi connectivity index (χ1v) is 13.9. The molecule has 1 heterocycles. The van der Waals surface area contributed by atoms with Gasteiger partial charge in [0.15, 0.2) is 11.4 Å². The highest BCUT2D eigenvalue weighted by Gasteiger charge is 2.64. The minimum Gasteiger partial charge on any atom is -0.508 e. The van der Waals surface area contributed by atoms with Gasteiger partial charge in [0.25, 0.3) is 5.91 Å². The number of nitrogens with two attached hydrogens (primary N) is 1. The molecule has 2 amide bonds. The van der Waals surface area contributed by atoms with Crippen LogP contribution in [0.1, 0.15) is 36.0 Å². The molecular formula is C29H37N5O8. The largest absolute Gasteiger partial charge is 0.508 e. The Kier molecular flexibility index (Phi) is 7.32. The molecule has 13 heteroatoms. The number of anilines is 1. The van der Waals surface area contributed by atoms with Crippen LogP contribution in [-0.4, -0.2) is 101 Å². The zero-order chi connectivity index (χ0) is 30.8. The minimum atomic E-state index is -2.70. The Labute approximate surface area is 242 Å². The maximum Gasteiger partial charge on any atom is 0.255 e. The number of rotatable bonds is 6. The van der Waals surface area contributed by atoms with E-state index in [4.69, 9.17) is 5.73 Å². The Hall–Kier alpha value is -3.94. The SMILES string of the molecule is CN(C)c1cc(CNC(=O)C2CCCN2)c(O)c2c1CC1C[C@H]3C(N(C)C)C(=O)C(C(N)=O)=C(O)[C@@]3(O)C(=O)C1=C2O. The van der Waals surface area contributed by atoms with Gasteiger partial charge in [-0.1, -0.05) is 0 Å². The van der Waals surface area contributed by atoms with Crippen LogP contribution in [0.3, 0.4) is 0 Å². The monoisotopic (exact) mass is 583 g/mol. The lowest BCUT2D eigenvalue weighted by atomic mass is 9.57. The topological polar surface area (TPSA) is 206 Å². The summed E-state index contributed by atoms with van der Waals surface area (Å²) in [6.07, 6.45) is 1.76. The highest BCUT2D eigenvalue weighted by Crippen LogP contribution is 2.54. The van der Waals surface area contributed by atoms with Crippen molar-refractivity contribution in [3.63, 3.8) is 0 Å². The number of carbonyl (C=O) groups is 4. The van der Waals surface area contributed by atoms with Crippen LogP contribution < -0.4 is 21.3 Å². The Morgan fingerprint density at radius 2 is 1.86 bits per heavy atom. The smallest absolute Gasteiger partial charge is 0.255 e. The van der Waals surface area contributed by atoms with Gasteiger partial charge < -0.3 is 41.7 Å². The van der Waals surface area contributed by atoms with Crippen LogP contribution in [0.5, 0.6) is 5.75 Å². The number of aliphatic hydroxyl groups is 3. The van der Waals surface area contributed by atoms with Crippen molar-refractivity contribution in [3.05, 3.63) is 39.7 Å². The predicted octanol–water partition coefficient (Wildman–Crippen LogP) is -0.602. The molecule has 3 unspecified atom stereocenters. The summed E-state index contributed by atoms with van der Waals surface area (Å²) in [5.74, 6) is -7.23. The molecule has 226 valence electrons. The number of Topliss-reactive ketones (excluding diaryl/α,β-unsaturated/α-hetero) is 2. The van der Waals surface area contributed by atoms with Crippen molar-refractivity contribution in [3.8, 4) is 5.75 Å². The van der Waals surface area contributed by atoms with Crippen LogP contribution in [0, 0.1) is 11.8 Å². The van der Waals surface area contributed by atoms with E-state index in [1.165, 1.54) is 4.90 Å². The summed E-state index contributed by atoms with van der Waals surface area (Å²) in [7, 11) is 6.68. The lowest BCUT2D eigenvalue weighted by molar-refractivity contribution is -0.153. The maximum atomic E-state index is 14.1. The molecule has 5 rings (SSSR count). The highest BCUT2D eigenvalue weighted by atomic mass is 16.3. The summed E-state index contributed by atoms with van der Waals surface area (Å²) in [6.45, 7) is 0.701. The Bertz CT molecular complexity index is 1460. The van der Waals surface area contributed by atoms with E-state index in [-0.39, 0.29) is 48.2 Å². The fourth-order valence-corrected chi connectivity index (χ4v) is 7.09. The highest BCUT2D eigenvalue weighted by molar-refractivity contribution is 6.24. The van der Waals surface area contributed by atoms with Gasteiger partial charge in [-0.15, -0.1) is 0 Å². The van der Waals surface area contributed by atoms with E-state index in [1.807, 2.05) is 0 Å². The van der Waals surface area contributed by atoms with Crippen LogP contribution in [-0.2, 0) is 32.1 Å². The summed E-state index contributed by atoms with van der Waals surface area (Å²) in [6, 6.07) is 0.239. The van der Waals surface area contributed by atoms with Gasteiger partial charge in [0.2, 0.25) is 11.7 Å². The van der Waals surface area contributed by atoms with Crippen LogP contribution in [0.25, 0.3) is 5.76 Å². The molecule has 1 saturated heterocycles. The fourth-order valence-electron chi connectivity index (χ4n) is 7.09. The van der Waals surface area contributed by atoms with Crippen molar-refractivity contribution in [2.24, 2.45) is 17.6 Å². The number of amides is 2. The van der Waals surface area contributed by atoms with E-state index < -0.39 is 58.0 Å². The van der Waals surface area contributed by atoms with Gasteiger partial charge in [0.1, 0.15) is 22.8 Å². The first-order chi connectivity index (χ1) is 19.7. The number of likely N-dealkylation sites (N-methyl/N-ethyl adjacent to an activating group) is 1. The molecule has 13 nitrogen and oxygen atoms in total. The first-order valence-electron chi connectivity index (χ1n) is 13.9. The molecule has 3 aliphatic carbocycles. The molecule has 4 aliphatic rings. The minimum absolute atomic E-state index is 0.00555. The number of nitrogens with zero attached hydrogens (tertiary/aromatic N) is 2. The van der Waals surface area contributed by atoms with Gasteiger partial charge in [-0.05, 0) is 63.9 Å². The summed E-state index contributed by atoms with van der Waals surface area (Å²) in [4.78, 5) is 55.4. The lowest BCUT2D eigenvalue weighted by Crippen LogP contribution is -2.65. The molecule has 8 N–H and O–H groups in total. The maximum absolute atomic E-state index is 14.1. The lowest BCUT2D eigenvalue weighted by Gasteiger charge is -2.50. The van der Waals surface area contributed by atoms with E-state index >= 15 is 0 Å². The third-order valence-electron chi connectivity index (χ3n) is 9.09. The third-order valence-corrected chi connectivity index (χ3v) is 9.09. The second-order valence-electron chi connectivity index (χ2n) is 12.0. The standard InChI is InChI=1S/C29H37N5O8/c1-33(2)17-10-13(11-32-28(41)16-6-5-7-31-16)22(35)19-14(17)8-12-9-15-21(34(3)4)24(37)20(27(30)40)26(39)29(15,42)25(38)18(12)23(19)36/h10,12,15-16,21,31,35-36,39,42H,5-9,11H2,1-4H3,(H2,30,40)(H,32,41)/t12?,15-,16?,21?,29-/m0/s1. The van der Waals surface area contributed by atoms with Crippen molar-refractivity contribution in [2.45, 2.75) is 49.9 Å². The average molecular weight is 584 g/mol. The molecular weight excluding hydrogens is 546 g/mol. The number of phenolic OH excluding ortho intramolecular Hbond substituents is 1. The summed E-state index contributed by atoms with van der Waals surface area (Å²) >= 11 is 0. The van der Waals surface area contributed by atoms with Gasteiger partial charge in [-0.25, -0.2) is 0 Å².